The van der Waals surface area contributed by atoms with Gasteiger partial charge < -0.3 is 10.5 Å². The number of hydrogen-bond donors (Lipinski definition) is 1. The fourth-order valence-electron chi connectivity index (χ4n) is 1.03. The van der Waals surface area contributed by atoms with E-state index in [9.17, 15) is 0 Å². The van der Waals surface area contributed by atoms with E-state index in [-0.39, 0.29) is 0 Å². The van der Waals surface area contributed by atoms with Crippen molar-refractivity contribution in [2.24, 2.45) is 5.73 Å². The summed E-state index contributed by atoms with van der Waals surface area (Å²) in [7, 11) is 0. The van der Waals surface area contributed by atoms with Gasteiger partial charge in [0.15, 0.2) is 0 Å². The van der Waals surface area contributed by atoms with E-state index in [1.54, 1.807) is 0 Å². The molecule has 0 amide bonds. The van der Waals surface area contributed by atoms with Crippen molar-refractivity contribution < 1.29 is 4.74 Å². The molecule has 14 heavy (non-hydrogen) atoms. The first-order valence-corrected chi connectivity index (χ1v) is 5.67. The number of halogens is 2. The lowest BCUT2D eigenvalue weighted by atomic mass is 10.2. The highest BCUT2D eigenvalue weighted by Gasteiger charge is 2.06. The minimum absolute atomic E-state index is 0.440. The Morgan fingerprint density at radius 1 is 1.50 bits per heavy atom. The largest absolute Gasteiger partial charge is 0.487 e. The van der Waals surface area contributed by atoms with E-state index in [0.29, 0.717) is 13.2 Å². The van der Waals surface area contributed by atoms with E-state index in [1.807, 2.05) is 18.2 Å². The number of hydrogen-bond acceptors (Lipinski definition) is 2. The molecule has 1 aromatic rings. The second kappa shape index (κ2) is 5.53. The van der Waals surface area contributed by atoms with Gasteiger partial charge in [-0.2, -0.15) is 0 Å². The molecule has 0 spiro atoms. The maximum atomic E-state index is 5.59. The van der Waals surface area contributed by atoms with E-state index in [1.165, 1.54) is 0 Å². The average molecular weight is 321 g/mol. The maximum absolute atomic E-state index is 5.59. The number of nitrogens with two attached hydrogens (primary N) is 1. The molecule has 0 radical (unpaired) electrons. The van der Waals surface area contributed by atoms with Crippen LogP contribution in [0.3, 0.4) is 0 Å². The monoisotopic (exact) mass is 319 g/mol. The van der Waals surface area contributed by atoms with Crippen LogP contribution >= 0.6 is 31.9 Å². The van der Waals surface area contributed by atoms with Crippen molar-refractivity contribution in [3.8, 4) is 5.75 Å². The average Bonchev–Trinajstić information content (AvgIpc) is 2.15. The number of benzene rings is 1. The molecule has 0 aliphatic rings. The van der Waals surface area contributed by atoms with E-state index >= 15 is 0 Å². The summed E-state index contributed by atoms with van der Waals surface area (Å²) in [6.45, 7) is 4.60. The number of para-hydroxylation sites is 1. The Morgan fingerprint density at radius 2 is 2.21 bits per heavy atom. The van der Waals surface area contributed by atoms with Crippen LogP contribution in [0.5, 0.6) is 5.75 Å². The van der Waals surface area contributed by atoms with Crippen LogP contribution in [0.2, 0.25) is 0 Å². The summed E-state index contributed by atoms with van der Waals surface area (Å²) in [5.74, 6) is 0.788. The Morgan fingerprint density at radius 3 is 2.79 bits per heavy atom. The van der Waals surface area contributed by atoms with Gasteiger partial charge in [-0.3, -0.25) is 0 Å². The zero-order chi connectivity index (χ0) is 10.6. The van der Waals surface area contributed by atoms with Crippen molar-refractivity contribution in [1.29, 1.82) is 0 Å². The Balaban J connectivity index is 2.87. The molecule has 0 saturated heterocycles. The van der Waals surface area contributed by atoms with Crippen molar-refractivity contribution >= 4 is 31.9 Å². The molecule has 76 valence electrons. The fraction of sp³-hybridized carbons (Fsp3) is 0.200. The molecular formula is C10H11Br2NO. The molecule has 0 fully saturated rings. The summed E-state index contributed by atoms with van der Waals surface area (Å²) >= 11 is 6.65. The first-order valence-electron chi connectivity index (χ1n) is 4.08. The van der Waals surface area contributed by atoms with Crippen molar-refractivity contribution in [3.63, 3.8) is 0 Å². The van der Waals surface area contributed by atoms with Crippen molar-refractivity contribution in [2.75, 3.05) is 6.61 Å². The molecule has 1 rings (SSSR count). The molecule has 0 aliphatic carbocycles. The lowest BCUT2D eigenvalue weighted by molar-refractivity contribution is 0.354. The van der Waals surface area contributed by atoms with Crippen LogP contribution in [0.15, 0.2) is 33.7 Å². The molecule has 0 heterocycles. The number of ether oxygens (including phenoxy) is 1. The minimum atomic E-state index is 0.440. The Hall–Kier alpha value is -0.320. The molecule has 0 aliphatic heterocycles. The van der Waals surface area contributed by atoms with Crippen molar-refractivity contribution in [3.05, 3.63) is 39.3 Å². The van der Waals surface area contributed by atoms with Crippen LogP contribution in [0.25, 0.3) is 0 Å². The van der Waals surface area contributed by atoms with Crippen LogP contribution < -0.4 is 10.5 Å². The second-order valence-electron chi connectivity index (χ2n) is 2.74. The molecule has 0 unspecified atom stereocenters. The lowest BCUT2D eigenvalue weighted by Gasteiger charge is -2.11. The first-order chi connectivity index (χ1) is 6.65. The highest BCUT2D eigenvalue weighted by molar-refractivity contribution is 9.11. The predicted molar refractivity (Wildman–Crippen MR) is 65.6 cm³/mol. The summed E-state index contributed by atoms with van der Waals surface area (Å²) in [6.07, 6.45) is 0. The summed E-state index contributed by atoms with van der Waals surface area (Å²) in [6, 6.07) is 5.80. The molecule has 1 aromatic carbocycles. The molecule has 2 N–H and O–H groups in total. The zero-order valence-corrected chi connectivity index (χ0v) is 10.8. The minimum Gasteiger partial charge on any atom is -0.487 e. The van der Waals surface area contributed by atoms with E-state index in [4.69, 9.17) is 10.5 Å². The van der Waals surface area contributed by atoms with Gasteiger partial charge in [-0.05, 0) is 22.0 Å². The summed E-state index contributed by atoms with van der Waals surface area (Å²) in [4.78, 5) is 0. The van der Waals surface area contributed by atoms with Gasteiger partial charge in [0, 0.05) is 16.6 Å². The molecule has 4 heteroatoms. The third kappa shape index (κ3) is 3.12. The lowest BCUT2D eigenvalue weighted by Crippen LogP contribution is -2.04. The summed E-state index contributed by atoms with van der Waals surface area (Å²) < 4.78 is 7.26. The molecule has 0 bridgehead atoms. The van der Waals surface area contributed by atoms with E-state index in [2.05, 4.69) is 38.4 Å². The van der Waals surface area contributed by atoms with E-state index in [0.717, 1.165) is 20.3 Å². The van der Waals surface area contributed by atoms with Gasteiger partial charge in [0.25, 0.3) is 0 Å². The molecular weight excluding hydrogens is 310 g/mol. The Bertz CT molecular complexity index is 339. The predicted octanol–water partition coefficient (Wildman–Crippen LogP) is 3.20. The topological polar surface area (TPSA) is 35.2 Å². The third-order valence-electron chi connectivity index (χ3n) is 1.64. The van der Waals surface area contributed by atoms with Crippen LogP contribution in [0, 0.1) is 0 Å². The SMILES string of the molecule is C=C(Br)COc1c(Br)cccc1CN. The molecule has 0 atom stereocenters. The van der Waals surface area contributed by atoms with Crippen molar-refractivity contribution in [2.45, 2.75) is 6.54 Å². The van der Waals surface area contributed by atoms with Gasteiger partial charge in [0.05, 0.1) is 4.47 Å². The zero-order valence-electron chi connectivity index (χ0n) is 7.59. The standard InChI is InChI=1S/C10H11Br2NO/c1-7(11)6-14-10-8(5-13)3-2-4-9(10)12/h2-4H,1,5-6,13H2. The van der Waals surface area contributed by atoms with Crippen LogP contribution in [-0.2, 0) is 6.54 Å². The van der Waals surface area contributed by atoms with Gasteiger partial charge in [-0.15, -0.1) is 0 Å². The third-order valence-corrected chi connectivity index (χ3v) is 2.49. The Labute approximate surface area is 100 Å². The fourth-order valence-corrected chi connectivity index (χ4v) is 1.66. The summed E-state index contributed by atoms with van der Waals surface area (Å²) in [5.41, 5.74) is 6.57. The van der Waals surface area contributed by atoms with Gasteiger partial charge in [-0.25, -0.2) is 0 Å². The van der Waals surface area contributed by atoms with E-state index < -0.39 is 0 Å². The highest BCUT2D eigenvalue weighted by atomic mass is 79.9. The smallest absolute Gasteiger partial charge is 0.138 e. The first kappa shape index (κ1) is 11.8. The Kier molecular flexibility index (Phi) is 4.65. The van der Waals surface area contributed by atoms with Gasteiger partial charge in [-0.1, -0.05) is 34.6 Å². The van der Waals surface area contributed by atoms with Gasteiger partial charge >= 0.3 is 0 Å². The normalized spacial score (nSPS) is 9.93. The molecule has 0 aromatic heterocycles. The van der Waals surface area contributed by atoms with Crippen LogP contribution in [-0.4, -0.2) is 6.61 Å². The molecule has 0 saturated carbocycles. The van der Waals surface area contributed by atoms with Crippen LogP contribution in [0.4, 0.5) is 0 Å². The maximum Gasteiger partial charge on any atom is 0.138 e. The molecule has 2 nitrogen and oxygen atoms in total. The van der Waals surface area contributed by atoms with Gasteiger partial charge in [0.1, 0.15) is 12.4 Å². The van der Waals surface area contributed by atoms with Crippen LogP contribution in [0.1, 0.15) is 5.56 Å². The number of rotatable bonds is 4. The quantitative estimate of drug-likeness (QED) is 0.924. The highest BCUT2D eigenvalue weighted by Crippen LogP contribution is 2.29. The van der Waals surface area contributed by atoms with Crippen molar-refractivity contribution in [1.82, 2.24) is 0 Å². The summed E-state index contributed by atoms with van der Waals surface area (Å²) in [5, 5.41) is 0. The van der Waals surface area contributed by atoms with Gasteiger partial charge in [0.2, 0.25) is 0 Å². The second-order valence-corrected chi connectivity index (χ2v) is 4.71.